The third-order valence-electron chi connectivity index (χ3n) is 1.26. The second-order valence-corrected chi connectivity index (χ2v) is 4.05. The highest BCUT2D eigenvalue weighted by Gasteiger charge is 2.13. The SMILES string of the molecule is CCN(C(=O)SI)C(C)C. The van der Waals surface area contributed by atoms with Crippen molar-refractivity contribution in [2.45, 2.75) is 26.8 Å². The first-order chi connectivity index (χ1) is 4.63. The van der Waals surface area contributed by atoms with Gasteiger partial charge in [-0.25, -0.2) is 0 Å². The summed E-state index contributed by atoms with van der Waals surface area (Å²) in [4.78, 5) is 12.9. The lowest BCUT2D eigenvalue weighted by atomic mass is 10.3. The van der Waals surface area contributed by atoms with Crippen molar-refractivity contribution in [2.24, 2.45) is 0 Å². The van der Waals surface area contributed by atoms with Gasteiger partial charge < -0.3 is 4.90 Å². The standard InChI is InChI=1S/C6H12INOS/c1-4-8(5(2)3)6(9)10-7/h5H,4H2,1-3H3. The number of carbonyl (C=O) groups excluding carboxylic acids is 1. The molecule has 0 aliphatic carbocycles. The highest BCUT2D eigenvalue weighted by molar-refractivity contribution is 14.2. The third-order valence-corrected chi connectivity index (χ3v) is 2.76. The molecule has 0 aliphatic rings. The number of nitrogens with zero attached hydrogens (tertiary/aromatic N) is 1. The Morgan fingerprint density at radius 2 is 2.20 bits per heavy atom. The molecule has 0 heterocycles. The van der Waals surface area contributed by atoms with Gasteiger partial charge in [0.1, 0.15) is 0 Å². The van der Waals surface area contributed by atoms with Crippen LogP contribution in [0.5, 0.6) is 0 Å². The van der Waals surface area contributed by atoms with Crippen molar-refractivity contribution < 1.29 is 4.79 Å². The molecular weight excluding hydrogens is 261 g/mol. The van der Waals surface area contributed by atoms with Crippen molar-refractivity contribution in [1.82, 2.24) is 4.90 Å². The zero-order chi connectivity index (χ0) is 8.15. The van der Waals surface area contributed by atoms with Gasteiger partial charge in [0.15, 0.2) is 0 Å². The molecule has 0 spiro atoms. The molecule has 0 aliphatic heterocycles. The summed E-state index contributed by atoms with van der Waals surface area (Å²) >= 11 is 2.01. The van der Waals surface area contributed by atoms with E-state index in [0.717, 1.165) is 6.54 Å². The topological polar surface area (TPSA) is 20.3 Å². The quantitative estimate of drug-likeness (QED) is 0.721. The van der Waals surface area contributed by atoms with E-state index in [2.05, 4.69) is 0 Å². The van der Waals surface area contributed by atoms with Gasteiger partial charge in [-0.15, -0.1) is 0 Å². The van der Waals surface area contributed by atoms with E-state index in [1.807, 2.05) is 46.9 Å². The number of hydrogen-bond donors (Lipinski definition) is 0. The van der Waals surface area contributed by atoms with Gasteiger partial charge in [-0.05, 0) is 20.8 Å². The van der Waals surface area contributed by atoms with Crippen molar-refractivity contribution in [3.8, 4) is 0 Å². The Labute approximate surface area is 78.3 Å². The molecule has 0 saturated carbocycles. The molecule has 60 valence electrons. The second kappa shape index (κ2) is 5.23. The fourth-order valence-corrected chi connectivity index (χ4v) is 1.94. The molecule has 0 radical (unpaired) electrons. The maximum atomic E-state index is 11.1. The second-order valence-electron chi connectivity index (χ2n) is 2.22. The Bertz CT molecular complexity index is 118. The lowest BCUT2D eigenvalue weighted by Crippen LogP contribution is -2.33. The Kier molecular flexibility index (Phi) is 5.52. The smallest absolute Gasteiger partial charge is 0.292 e. The van der Waals surface area contributed by atoms with Crippen LogP contribution in [0.4, 0.5) is 4.79 Å². The van der Waals surface area contributed by atoms with Crippen LogP contribution in [0.2, 0.25) is 0 Å². The average molecular weight is 273 g/mol. The molecule has 0 N–H and O–H groups in total. The maximum absolute atomic E-state index is 11.1. The zero-order valence-electron chi connectivity index (χ0n) is 6.43. The summed E-state index contributed by atoms with van der Waals surface area (Å²) in [6, 6.07) is 0.319. The van der Waals surface area contributed by atoms with Gasteiger partial charge in [0.2, 0.25) is 0 Å². The number of carbonyl (C=O) groups is 1. The van der Waals surface area contributed by atoms with E-state index in [1.54, 1.807) is 0 Å². The van der Waals surface area contributed by atoms with Gasteiger partial charge in [-0.3, -0.25) is 4.79 Å². The summed E-state index contributed by atoms with van der Waals surface area (Å²) in [5.74, 6) is 0. The normalized spacial score (nSPS) is 10.1. The Balaban J connectivity index is 3.93. The molecule has 0 fully saturated rings. The predicted octanol–water partition coefficient (Wildman–Crippen LogP) is 2.92. The highest BCUT2D eigenvalue weighted by Crippen LogP contribution is 2.18. The zero-order valence-corrected chi connectivity index (χ0v) is 9.40. The van der Waals surface area contributed by atoms with Crippen LogP contribution in [0.15, 0.2) is 0 Å². The van der Waals surface area contributed by atoms with Crippen LogP contribution in [0.3, 0.4) is 0 Å². The first-order valence-electron chi connectivity index (χ1n) is 3.22. The minimum atomic E-state index is 0.151. The van der Waals surface area contributed by atoms with Crippen LogP contribution in [0.1, 0.15) is 20.8 Å². The van der Waals surface area contributed by atoms with Crippen LogP contribution in [-0.2, 0) is 0 Å². The van der Waals surface area contributed by atoms with Gasteiger partial charge in [0, 0.05) is 42.7 Å². The third kappa shape index (κ3) is 3.09. The summed E-state index contributed by atoms with van der Waals surface area (Å²) in [6.45, 7) is 6.83. The first kappa shape index (κ1) is 10.6. The number of amides is 1. The predicted molar refractivity (Wildman–Crippen MR) is 54.5 cm³/mol. The van der Waals surface area contributed by atoms with Crippen molar-refractivity contribution in [1.29, 1.82) is 0 Å². The lowest BCUT2D eigenvalue weighted by Gasteiger charge is -2.22. The molecule has 0 aromatic carbocycles. The minimum Gasteiger partial charge on any atom is -0.331 e. The van der Waals surface area contributed by atoms with E-state index in [-0.39, 0.29) is 5.24 Å². The summed E-state index contributed by atoms with van der Waals surface area (Å²) in [7, 11) is 1.24. The number of rotatable bonds is 2. The molecule has 0 bridgehead atoms. The van der Waals surface area contributed by atoms with Gasteiger partial charge in [-0.1, -0.05) is 0 Å². The summed E-state index contributed by atoms with van der Waals surface area (Å²) < 4.78 is 0. The average Bonchev–Trinajstić information content (AvgIpc) is 1.88. The fraction of sp³-hybridized carbons (Fsp3) is 0.833. The van der Waals surface area contributed by atoms with Gasteiger partial charge in [0.05, 0.1) is 0 Å². The molecule has 0 rings (SSSR count). The van der Waals surface area contributed by atoms with Crippen molar-refractivity contribution in [3.05, 3.63) is 0 Å². The molecule has 4 heteroatoms. The van der Waals surface area contributed by atoms with Crippen LogP contribution >= 0.6 is 30.1 Å². The molecule has 0 saturated heterocycles. The van der Waals surface area contributed by atoms with Gasteiger partial charge in [-0.2, -0.15) is 0 Å². The molecule has 0 aromatic rings. The van der Waals surface area contributed by atoms with Crippen LogP contribution in [-0.4, -0.2) is 22.7 Å². The van der Waals surface area contributed by atoms with E-state index < -0.39 is 0 Å². The Morgan fingerprint density at radius 3 is 2.30 bits per heavy atom. The molecule has 0 atom stereocenters. The number of halogens is 1. The summed E-state index contributed by atoms with van der Waals surface area (Å²) in [6.07, 6.45) is 0. The van der Waals surface area contributed by atoms with E-state index in [9.17, 15) is 4.79 Å². The van der Waals surface area contributed by atoms with Crippen LogP contribution < -0.4 is 0 Å². The molecule has 2 nitrogen and oxygen atoms in total. The molecule has 0 unspecified atom stereocenters. The van der Waals surface area contributed by atoms with Crippen LogP contribution in [0, 0.1) is 0 Å². The van der Waals surface area contributed by atoms with E-state index in [0.29, 0.717) is 6.04 Å². The summed E-state index contributed by atoms with van der Waals surface area (Å²) in [5.41, 5.74) is 0. The monoisotopic (exact) mass is 273 g/mol. The minimum absolute atomic E-state index is 0.151. The molecule has 1 amide bonds. The largest absolute Gasteiger partial charge is 0.331 e. The van der Waals surface area contributed by atoms with Crippen molar-refractivity contribution in [2.75, 3.05) is 6.54 Å². The van der Waals surface area contributed by atoms with E-state index in [1.165, 1.54) is 8.93 Å². The van der Waals surface area contributed by atoms with E-state index >= 15 is 0 Å². The Hall–Kier alpha value is 0.550. The van der Waals surface area contributed by atoms with Crippen molar-refractivity contribution in [3.63, 3.8) is 0 Å². The van der Waals surface area contributed by atoms with Gasteiger partial charge >= 0.3 is 0 Å². The number of hydrogen-bond acceptors (Lipinski definition) is 2. The molecular formula is C6H12INOS. The van der Waals surface area contributed by atoms with Crippen LogP contribution in [0.25, 0.3) is 0 Å². The maximum Gasteiger partial charge on any atom is 0.292 e. The fourth-order valence-electron chi connectivity index (χ4n) is 0.749. The summed E-state index contributed by atoms with van der Waals surface area (Å²) in [5, 5.41) is 0.151. The molecule has 0 aromatic heterocycles. The lowest BCUT2D eigenvalue weighted by molar-refractivity contribution is 0.213. The Morgan fingerprint density at radius 1 is 1.70 bits per heavy atom. The highest BCUT2D eigenvalue weighted by atomic mass is 127. The molecule has 10 heavy (non-hydrogen) atoms. The first-order valence-corrected chi connectivity index (χ1v) is 6.58. The van der Waals surface area contributed by atoms with Gasteiger partial charge in [0.25, 0.3) is 5.24 Å². The van der Waals surface area contributed by atoms with E-state index in [4.69, 9.17) is 0 Å². The van der Waals surface area contributed by atoms with Crippen molar-refractivity contribution >= 4 is 35.4 Å².